The number of aldehydes is 2. The smallest absolute Gasteiger partial charge is 0.219 e. The van der Waals surface area contributed by atoms with Crippen LogP contribution in [0.4, 0.5) is 5.69 Å². The van der Waals surface area contributed by atoms with Gasteiger partial charge in [-0.3, -0.25) is 14.5 Å². The number of nitrogens with zero attached hydrogens (tertiary/aromatic N) is 3. The van der Waals surface area contributed by atoms with Gasteiger partial charge in [-0.05, 0) is 44.3 Å². The first kappa shape index (κ1) is 21.1. The second-order valence-electron chi connectivity index (χ2n) is 7.12. The van der Waals surface area contributed by atoms with Crippen LogP contribution in [0.15, 0.2) is 18.2 Å². The number of carbonyl (C=O) groups excluding carboxylic acids is 3. The van der Waals surface area contributed by atoms with Gasteiger partial charge in [0.1, 0.15) is 12.6 Å². The summed E-state index contributed by atoms with van der Waals surface area (Å²) < 4.78 is 0. The number of rotatable bonds is 9. The molecule has 1 aliphatic rings. The van der Waals surface area contributed by atoms with Crippen molar-refractivity contribution in [2.75, 3.05) is 52.2 Å². The van der Waals surface area contributed by atoms with Crippen LogP contribution in [0.3, 0.4) is 0 Å². The van der Waals surface area contributed by atoms with Gasteiger partial charge in [-0.15, -0.1) is 0 Å². The van der Waals surface area contributed by atoms with E-state index in [4.69, 9.17) is 0 Å². The Balaban J connectivity index is 2.10. The number of likely N-dealkylation sites (N-methyl/N-ethyl adjacent to an activating group) is 2. The number of hydrogen-bond donors (Lipinski definition) is 1. The van der Waals surface area contributed by atoms with Crippen molar-refractivity contribution >= 4 is 24.2 Å². The summed E-state index contributed by atoms with van der Waals surface area (Å²) in [5, 5.41) is 2.57. The van der Waals surface area contributed by atoms with Crippen molar-refractivity contribution in [3.8, 4) is 0 Å². The van der Waals surface area contributed by atoms with Crippen molar-refractivity contribution in [2.45, 2.75) is 25.4 Å². The number of hydrogen-bond acceptors (Lipinski definition) is 6. The molecular weight excluding hydrogens is 344 g/mol. The van der Waals surface area contributed by atoms with Gasteiger partial charge in [0, 0.05) is 57.4 Å². The monoisotopic (exact) mass is 374 g/mol. The third-order valence-corrected chi connectivity index (χ3v) is 5.21. The van der Waals surface area contributed by atoms with Crippen molar-refractivity contribution in [3.63, 3.8) is 0 Å². The molecule has 27 heavy (non-hydrogen) atoms. The summed E-state index contributed by atoms with van der Waals surface area (Å²) in [5.41, 5.74) is 2.64. The third-order valence-electron chi connectivity index (χ3n) is 5.21. The Morgan fingerprint density at radius 2 is 1.96 bits per heavy atom. The van der Waals surface area contributed by atoms with Crippen LogP contribution in [-0.4, -0.2) is 81.6 Å². The second-order valence-corrected chi connectivity index (χ2v) is 7.12. The van der Waals surface area contributed by atoms with Gasteiger partial charge in [0.25, 0.3) is 0 Å². The molecule has 0 aliphatic carbocycles. The molecular formula is C20H30N4O3. The van der Waals surface area contributed by atoms with Crippen LogP contribution in [0, 0.1) is 0 Å². The molecule has 1 saturated heterocycles. The zero-order valence-electron chi connectivity index (χ0n) is 16.5. The van der Waals surface area contributed by atoms with Gasteiger partial charge in [0.15, 0.2) is 0 Å². The van der Waals surface area contributed by atoms with Crippen LogP contribution in [0.2, 0.25) is 0 Å². The van der Waals surface area contributed by atoms with E-state index < -0.39 is 0 Å². The molecule has 1 fully saturated rings. The fourth-order valence-electron chi connectivity index (χ4n) is 3.29. The number of piperazine rings is 1. The molecule has 1 atom stereocenters. The lowest BCUT2D eigenvalue weighted by molar-refractivity contribution is -0.121. The highest BCUT2D eigenvalue weighted by Gasteiger charge is 2.19. The van der Waals surface area contributed by atoms with Crippen molar-refractivity contribution in [1.29, 1.82) is 0 Å². The Bertz CT molecular complexity index is 657. The molecule has 0 aromatic heterocycles. The molecule has 2 rings (SSSR count). The quantitative estimate of drug-likeness (QED) is 0.644. The molecule has 0 radical (unpaired) electrons. The highest BCUT2D eigenvalue weighted by molar-refractivity contribution is 5.79. The normalized spacial score (nSPS) is 16.2. The summed E-state index contributed by atoms with van der Waals surface area (Å²) in [4.78, 5) is 40.9. The standard InChI is InChI=1S/C20H30N4O3/c1-21-20(27)7-6-19(15-26)23(3)13-17-12-18(5-4-16(17)14-25)24-10-8-22(2)9-11-24/h4-5,12,14-15,19H,6-11,13H2,1-3H3,(H,21,27). The maximum Gasteiger partial charge on any atom is 0.219 e. The zero-order chi connectivity index (χ0) is 19.8. The van der Waals surface area contributed by atoms with E-state index in [1.165, 1.54) is 0 Å². The Kier molecular flexibility index (Phi) is 7.94. The molecule has 1 N–H and O–H groups in total. The maximum absolute atomic E-state index is 11.5. The fraction of sp³-hybridized carbons (Fsp3) is 0.550. The Morgan fingerprint density at radius 1 is 1.26 bits per heavy atom. The van der Waals surface area contributed by atoms with E-state index >= 15 is 0 Å². The van der Waals surface area contributed by atoms with E-state index in [0.29, 0.717) is 24.9 Å². The number of amides is 1. The van der Waals surface area contributed by atoms with Gasteiger partial charge in [0.05, 0.1) is 6.04 Å². The molecule has 1 heterocycles. The summed E-state index contributed by atoms with van der Waals surface area (Å²) in [6.07, 6.45) is 2.48. The van der Waals surface area contributed by atoms with E-state index in [9.17, 15) is 14.4 Å². The Morgan fingerprint density at radius 3 is 2.56 bits per heavy atom. The van der Waals surface area contributed by atoms with Gasteiger partial charge in [0.2, 0.25) is 5.91 Å². The topological polar surface area (TPSA) is 73.0 Å². The van der Waals surface area contributed by atoms with Gasteiger partial charge in [-0.25, -0.2) is 0 Å². The summed E-state index contributed by atoms with van der Waals surface area (Å²) in [5.74, 6) is -0.0825. The molecule has 1 unspecified atom stereocenters. The zero-order valence-corrected chi connectivity index (χ0v) is 16.5. The van der Waals surface area contributed by atoms with Crippen LogP contribution >= 0.6 is 0 Å². The molecule has 7 nitrogen and oxygen atoms in total. The van der Waals surface area contributed by atoms with Gasteiger partial charge in [-0.2, -0.15) is 0 Å². The third kappa shape index (κ3) is 5.87. The number of carbonyl (C=O) groups is 3. The molecule has 0 spiro atoms. The van der Waals surface area contributed by atoms with Crippen LogP contribution < -0.4 is 10.2 Å². The predicted molar refractivity (Wildman–Crippen MR) is 106 cm³/mol. The molecule has 148 valence electrons. The molecule has 0 bridgehead atoms. The largest absolute Gasteiger partial charge is 0.369 e. The van der Waals surface area contributed by atoms with Crippen LogP contribution in [0.1, 0.15) is 28.8 Å². The Labute approximate surface area is 161 Å². The number of nitrogens with one attached hydrogen (secondary N) is 1. The minimum Gasteiger partial charge on any atom is -0.369 e. The van der Waals surface area contributed by atoms with Crippen molar-refractivity contribution in [2.24, 2.45) is 0 Å². The molecule has 0 saturated carbocycles. The lowest BCUT2D eigenvalue weighted by Crippen LogP contribution is -2.44. The second kappa shape index (κ2) is 10.2. The van der Waals surface area contributed by atoms with Crippen molar-refractivity contribution in [3.05, 3.63) is 29.3 Å². The first-order valence-corrected chi connectivity index (χ1v) is 9.36. The van der Waals surface area contributed by atoms with Gasteiger partial charge in [-0.1, -0.05) is 0 Å². The highest BCUT2D eigenvalue weighted by Crippen LogP contribution is 2.22. The molecule has 7 heteroatoms. The minimum absolute atomic E-state index is 0.0825. The first-order chi connectivity index (χ1) is 13.0. The fourth-order valence-corrected chi connectivity index (χ4v) is 3.29. The number of benzene rings is 1. The summed E-state index contributed by atoms with van der Waals surface area (Å²) >= 11 is 0. The molecule has 1 aromatic carbocycles. The maximum atomic E-state index is 11.5. The van der Waals surface area contributed by atoms with Crippen molar-refractivity contribution in [1.82, 2.24) is 15.1 Å². The molecule has 1 aliphatic heterocycles. The van der Waals surface area contributed by atoms with Crippen molar-refractivity contribution < 1.29 is 14.4 Å². The number of anilines is 1. The predicted octanol–water partition coefficient (Wildman–Crippen LogP) is 0.776. The SMILES string of the molecule is CNC(=O)CCC(C=O)N(C)Cc1cc(N2CCN(C)CC2)ccc1C=O. The van der Waals surface area contributed by atoms with E-state index in [1.807, 2.05) is 30.1 Å². The van der Waals surface area contributed by atoms with E-state index in [2.05, 4.69) is 22.2 Å². The summed E-state index contributed by atoms with van der Waals surface area (Å²) in [6, 6.07) is 5.52. The van der Waals surface area contributed by atoms with Gasteiger partial charge < -0.3 is 19.9 Å². The lowest BCUT2D eigenvalue weighted by Gasteiger charge is -2.34. The van der Waals surface area contributed by atoms with E-state index in [-0.39, 0.29) is 11.9 Å². The summed E-state index contributed by atoms with van der Waals surface area (Å²) in [7, 11) is 5.55. The molecule has 1 aromatic rings. The van der Waals surface area contributed by atoms with E-state index in [1.54, 1.807) is 7.05 Å². The first-order valence-electron chi connectivity index (χ1n) is 9.36. The highest BCUT2D eigenvalue weighted by atomic mass is 16.1. The van der Waals surface area contributed by atoms with Gasteiger partial charge >= 0.3 is 0 Å². The summed E-state index contributed by atoms with van der Waals surface area (Å²) in [6.45, 7) is 4.41. The lowest BCUT2D eigenvalue weighted by atomic mass is 10.0. The van der Waals surface area contributed by atoms with Crippen LogP contribution in [0.5, 0.6) is 0 Å². The minimum atomic E-state index is -0.367. The van der Waals surface area contributed by atoms with Crippen LogP contribution in [0.25, 0.3) is 0 Å². The molecule has 1 amide bonds. The average Bonchev–Trinajstić information content (AvgIpc) is 2.68. The van der Waals surface area contributed by atoms with E-state index in [0.717, 1.165) is 50.0 Å². The van der Waals surface area contributed by atoms with Crippen LogP contribution in [-0.2, 0) is 16.1 Å². The Hall–Kier alpha value is -2.25. The average molecular weight is 374 g/mol.